The molecule has 324 valence electrons. The van der Waals surface area contributed by atoms with E-state index in [9.17, 15) is 24.0 Å². The zero-order chi connectivity index (χ0) is 43.5. The van der Waals surface area contributed by atoms with E-state index in [4.69, 9.17) is 16.7 Å². The normalized spacial score (nSPS) is 20.3. The third-order valence-electron chi connectivity index (χ3n) is 13.8. The summed E-state index contributed by atoms with van der Waals surface area (Å²) in [6.45, 7) is 9.53. The summed E-state index contributed by atoms with van der Waals surface area (Å²) < 4.78 is 1.83. The number of nitrogens with zero attached hydrogens (tertiary/aromatic N) is 8. The van der Waals surface area contributed by atoms with Gasteiger partial charge in [-0.15, -0.1) is 0 Å². The summed E-state index contributed by atoms with van der Waals surface area (Å²) in [5.41, 5.74) is 6.51. The molecule has 5 aliphatic heterocycles. The fourth-order valence-corrected chi connectivity index (χ4v) is 10.5. The predicted molar refractivity (Wildman–Crippen MR) is 238 cm³/mol. The Labute approximate surface area is 369 Å². The van der Waals surface area contributed by atoms with E-state index in [1.54, 1.807) is 18.3 Å². The third-order valence-corrected chi connectivity index (χ3v) is 14.3. The Morgan fingerprint density at radius 1 is 0.794 bits per heavy atom. The number of hydrogen-bond acceptors (Lipinski definition) is 11. The number of piperidine rings is 3. The number of benzene rings is 2. The van der Waals surface area contributed by atoms with E-state index >= 15 is 0 Å². The van der Waals surface area contributed by atoms with E-state index < -0.39 is 29.7 Å². The minimum atomic E-state index is -0.975. The van der Waals surface area contributed by atoms with Crippen LogP contribution in [-0.2, 0) is 27.3 Å². The Bertz CT molecular complexity index is 2700. The molecule has 3 fully saturated rings. The fourth-order valence-electron chi connectivity index (χ4n) is 10.2. The van der Waals surface area contributed by atoms with Gasteiger partial charge in [-0.25, -0.2) is 4.98 Å². The van der Waals surface area contributed by atoms with Crippen molar-refractivity contribution in [2.24, 2.45) is 5.92 Å². The number of likely N-dealkylation sites (tertiary alicyclic amines) is 1. The van der Waals surface area contributed by atoms with Gasteiger partial charge in [0.05, 0.1) is 16.1 Å². The minimum absolute atomic E-state index is 0.0909. The fraction of sp³-hybridized carbons (Fsp3) is 0.404. The Hall–Kier alpha value is -6.19. The number of anilines is 3. The first-order chi connectivity index (χ1) is 30.5. The average molecular weight is 869 g/mol. The first-order valence-corrected chi connectivity index (χ1v) is 22.3. The van der Waals surface area contributed by atoms with Crippen LogP contribution in [0.1, 0.15) is 76.1 Å². The molecule has 5 amide bonds. The number of rotatable bonds is 8. The van der Waals surface area contributed by atoms with Gasteiger partial charge >= 0.3 is 0 Å². The van der Waals surface area contributed by atoms with Gasteiger partial charge in [0.1, 0.15) is 18.4 Å². The van der Waals surface area contributed by atoms with Crippen LogP contribution in [0.4, 0.5) is 17.3 Å². The molecule has 0 spiro atoms. The Morgan fingerprint density at radius 3 is 2.37 bits per heavy atom. The number of nitrogens with one attached hydrogen (secondary N) is 2. The summed E-state index contributed by atoms with van der Waals surface area (Å²) in [5.74, 6) is -0.0101. The Kier molecular flexibility index (Phi) is 10.7. The summed E-state index contributed by atoms with van der Waals surface area (Å²) in [6.07, 6.45) is 10.3. The molecule has 16 heteroatoms. The maximum atomic E-state index is 13.7. The molecule has 3 aromatic heterocycles. The van der Waals surface area contributed by atoms with Crippen molar-refractivity contribution in [2.45, 2.75) is 77.4 Å². The van der Waals surface area contributed by atoms with Crippen LogP contribution < -0.4 is 15.5 Å². The molecule has 0 aliphatic carbocycles. The number of carbonyl (C=O) groups is 5. The molecule has 1 unspecified atom stereocenters. The first-order valence-electron chi connectivity index (χ1n) is 21.9. The van der Waals surface area contributed by atoms with Crippen LogP contribution in [0.3, 0.4) is 0 Å². The number of aromatic nitrogens is 4. The lowest BCUT2D eigenvalue weighted by Crippen LogP contribution is -2.54. The van der Waals surface area contributed by atoms with Gasteiger partial charge in [0.2, 0.25) is 17.7 Å². The van der Waals surface area contributed by atoms with E-state index in [2.05, 4.69) is 48.3 Å². The molecule has 2 aromatic carbocycles. The number of hydrogen-bond donors (Lipinski definition) is 2. The Balaban J connectivity index is 0.707. The summed E-state index contributed by atoms with van der Waals surface area (Å²) in [6, 6.07) is 12.7. The van der Waals surface area contributed by atoms with Crippen molar-refractivity contribution in [2.75, 3.05) is 49.5 Å². The summed E-state index contributed by atoms with van der Waals surface area (Å²) >= 11 is 6.85. The average Bonchev–Trinajstić information content (AvgIpc) is 3.71. The monoisotopic (exact) mass is 868 g/mol. The van der Waals surface area contributed by atoms with E-state index in [1.165, 1.54) is 0 Å². The van der Waals surface area contributed by atoms with Crippen molar-refractivity contribution in [3.63, 3.8) is 0 Å². The molecular formula is C47H49ClN10O5. The highest BCUT2D eigenvalue weighted by Gasteiger charge is 2.45. The van der Waals surface area contributed by atoms with Gasteiger partial charge in [-0.1, -0.05) is 11.6 Å². The lowest BCUT2D eigenvalue weighted by Gasteiger charge is -2.41. The number of fused-ring (bicyclic) bond motifs is 3. The first kappa shape index (κ1) is 40.9. The van der Waals surface area contributed by atoms with Crippen molar-refractivity contribution in [1.29, 1.82) is 0 Å². The Morgan fingerprint density at radius 2 is 1.59 bits per heavy atom. The molecule has 3 saturated heterocycles. The summed E-state index contributed by atoms with van der Waals surface area (Å²) in [7, 11) is 0. The maximum Gasteiger partial charge on any atom is 0.262 e. The number of amides is 5. The minimum Gasteiger partial charge on any atom is -0.371 e. The topological polar surface area (TPSA) is 166 Å². The van der Waals surface area contributed by atoms with Crippen LogP contribution in [0.2, 0.25) is 5.02 Å². The second kappa shape index (κ2) is 16.5. The second-order valence-corrected chi connectivity index (χ2v) is 18.0. The van der Waals surface area contributed by atoms with Crippen molar-refractivity contribution in [3.8, 4) is 11.1 Å². The summed E-state index contributed by atoms with van der Waals surface area (Å²) in [4.78, 5) is 81.3. The van der Waals surface area contributed by atoms with Gasteiger partial charge in [0, 0.05) is 111 Å². The molecule has 0 bridgehead atoms. The molecule has 8 heterocycles. The van der Waals surface area contributed by atoms with Crippen molar-refractivity contribution in [3.05, 3.63) is 94.0 Å². The summed E-state index contributed by atoms with van der Waals surface area (Å²) in [5, 5.41) is 13.1. The highest BCUT2D eigenvalue weighted by atomic mass is 35.5. The van der Waals surface area contributed by atoms with Gasteiger partial charge in [-0.3, -0.25) is 43.9 Å². The molecule has 0 saturated carbocycles. The van der Waals surface area contributed by atoms with E-state index in [0.717, 1.165) is 114 Å². The number of carbonyl (C=O) groups excluding carboxylic acids is 5. The van der Waals surface area contributed by atoms with Crippen molar-refractivity contribution < 1.29 is 24.0 Å². The van der Waals surface area contributed by atoms with E-state index in [-0.39, 0.29) is 31.3 Å². The number of imide groups is 2. The molecule has 15 nitrogen and oxygen atoms in total. The third kappa shape index (κ3) is 7.71. The van der Waals surface area contributed by atoms with Gasteiger partial charge in [-0.05, 0) is 105 Å². The van der Waals surface area contributed by atoms with Crippen LogP contribution in [0, 0.1) is 19.8 Å². The molecule has 1 atom stereocenters. The molecule has 5 aromatic rings. The lowest BCUT2D eigenvalue weighted by atomic mass is 9.94. The highest BCUT2D eigenvalue weighted by Crippen LogP contribution is 2.38. The lowest BCUT2D eigenvalue weighted by molar-refractivity contribution is -0.136. The number of aryl methyl sites for hydroxylation is 2. The molecular weight excluding hydrogens is 820 g/mol. The van der Waals surface area contributed by atoms with Crippen LogP contribution in [0.5, 0.6) is 0 Å². The van der Waals surface area contributed by atoms with Gasteiger partial charge in [0.15, 0.2) is 5.82 Å². The number of halogens is 1. The molecule has 5 aliphatic rings. The van der Waals surface area contributed by atoms with Gasteiger partial charge < -0.3 is 20.0 Å². The molecule has 63 heavy (non-hydrogen) atoms. The SMILES string of the molecule is Cc1ccncc1-c1cc2cc(Nc3cc4n(n3)CC(=O)N(C3CCN(CC5CCN(c6ccc7c(c6)C(=O)N(C6CCC(=O)NC6=O)C7=O)CC5)CC3)CC4)ncc2c(C)c1Cl. The van der Waals surface area contributed by atoms with Gasteiger partial charge in [-0.2, -0.15) is 5.10 Å². The smallest absolute Gasteiger partial charge is 0.262 e. The highest BCUT2D eigenvalue weighted by molar-refractivity contribution is 6.35. The second-order valence-electron chi connectivity index (χ2n) is 17.6. The predicted octanol–water partition coefficient (Wildman–Crippen LogP) is 5.67. The van der Waals surface area contributed by atoms with Crippen LogP contribution in [0.15, 0.2) is 61.1 Å². The van der Waals surface area contributed by atoms with Crippen molar-refractivity contribution in [1.82, 2.24) is 39.8 Å². The van der Waals surface area contributed by atoms with E-state index in [0.29, 0.717) is 40.2 Å². The zero-order valence-corrected chi connectivity index (χ0v) is 36.2. The largest absolute Gasteiger partial charge is 0.371 e. The van der Waals surface area contributed by atoms with Gasteiger partial charge in [0.25, 0.3) is 11.8 Å². The molecule has 10 rings (SSSR count). The van der Waals surface area contributed by atoms with Crippen LogP contribution in [-0.4, -0.2) is 115 Å². The maximum absolute atomic E-state index is 13.7. The van der Waals surface area contributed by atoms with Crippen LogP contribution in [0.25, 0.3) is 21.9 Å². The molecule has 0 radical (unpaired) electrons. The zero-order valence-electron chi connectivity index (χ0n) is 35.4. The van der Waals surface area contributed by atoms with E-state index in [1.807, 2.05) is 48.3 Å². The van der Waals surface area contributed by atoms with Crippen molar-refractivity contribution >= 4 is 69.2 Å². The standard InChI is InChI=1S/C47H49ClN10O5/c1-27-7-13-49-23-37(27)35-19-30-20-40(50-24-38(30)28(2)44(35)48)51-41-22-33-12-18-56(43(60)26-57(33)53-41)31-10-14-54(15-11-31)25-29-8-16-55(17-9-29)32-3-4-34-36(21-32)47(63)58(46(34)62)39-5-6-42(59)52-45(39)61/h3-4,7,13,19-24,29,31,39H,5-6,8-12,14-18,25-26H2,1-2H3,(H,50,51,53)(H,52,59,61). The quantitative estimate of drug-likeness (QED) is 0.185. The number of pyridine rings is 2. The molecule has 2 N–H and O–H groups in total. The van der Waals surface area contributed by atoms with Crippen LogP contribution >= 0.6 is 11.6 Å².